The molecule has 4 atom stereocenters. The standard InChI is InChI=1S/C20H19N7O3/c1-11-16(28)17(29)20(30-11)27-19-14(15(26-27)13-4-2-3-7-22-13)18(23-10-24-19)25-12-5-8-21-9-6-12/h2-11,16-17,20,28-29H,1H3,(H,21,23,24,25)/t11-,16-,17-,20-/m1/s1. The molecule has 0 spiro atoms. The highest BCUT2D eigenvalue weighted by Gasteiger charge is 2.43. The number of nitrogens with one attached hydrogen (secondary N) is 1. The lowest BCUT2D eigenvalue weighted by Gasteiger charge is -2.15. The molecule has 1 aliphatic heterocycles. The van der Waals surface area contributed by atoms with Crippen molar-refractivity contribution in [3.05, 3.63) is 55.2 Å². The molecule has 0 radical (unpaired) electrons. The van der Waals surface area contributed by atoms with E-state index in [0.717, 1.165) is 5.69 Å². The number of anilines is 2. The molecule has 0 saturated carbocycles. The van der Waals surface area contributed by atoms with Crippen molar-refractivity contribution in [1.29, 1.82) is 0 Å². The van der Waals surface area contributed by atoms with Crippen LogP contribution in [0.4, 0.5) is 11.5 Å². The predicted octanol–water partition coefficient (Wildman–Crippen LogP) is 1.67. The molecule has 0 aromatic carbocycles. The van der Waals surface area contributed by atoms with Crippen molar-refractivity contribution >= 4 is 22.5 Å². The Kier molecular flexibility index (Phi) is 4.58. The fourth-order valence-corrected chi connectivity index (χ4v) is 3.53. The summed E-state index contributed by atoms with van der Waals surface area (Å²) in [6, 6.07) is 9.15. The van der Waals surface area contributed by atoms with E-state index in [1.165, 1.54) is 11.0 Å². The average Bonchev–Trinajstić information content (AvgIpc) is 3.29. The first-order valence-corrected chi connectivity index (χ1v) is 9.47. The van der Waals surface area contributed by atoms with Crippen molar-refractivity contribution in [3.63, 3.8) is 0 Å². The zero-order valence-electron chi connectivity index (χ0n) is 16.0. The number of hydrogen-bond donors (Lipinski definition) is 3. The summed E-state index contributed by atoms with van der Waals surface area (Å²) in [4.78, 5) is 17.2. The number of fused-ring (bicyclic) bond motifs is 1. The quantitative estimate of drug-likeness (QED) is 0.464. The second kappa shape index (κ2) is 7.41. The minimum Gasteiger partial charge on any atom is -0.388 e. The van der Waals surface area contributed by atoms with E-state index < -0.39 is 24.5 Å². The molecule has 1 aliphatic rings. The molecule has 4 aromatic rings. The van der Waals surface area contributed by atoms with Crippen LogP contribution in [0.15, 0.2) is 55.2 Å². The number of hydrogen-bond acceptors (Lipinski definition) is 9. The molecule has 0 amide bonds. The highest BCUT2D eigenvalue weighted by molar-refractivity contribution is 5.99. The van der Waals surface area contributed by atoms with Gasteiger partial charge in [0.15, 0.2) is 11.9 Å². The monoisotopic (exact) mass is 405 g/mol. The lowest BCUT2D eigenvalue weighted by atomic mass is 10.1. The summed E-state index contributed by atoms with van der Waals surface area (Å²) in [7, 11) is 0. The number of aliphatic hydroxyl groups is 2. The van der Waals surface area contributed by atoms with Crippen LogP contribution in [0.1, 0.15) is 13.2 Å². The molecule has 0 bridgehead atoms. The second-order valence-electron chi connectivity index (χ2n) is 7.00. The van der Waals surface area contributed by atoms with Crippen LogP contribution >= 0.6 is 0 Å². The van der Waals surface area contributed by atoms with Gasteiger partial charge < -0.3 is 20.3 Å². The lowest BCUT2D eigenvalue weighted by molar-refractivity contribution is -0.0370. The fourth-order valence-electron chi connectivity index (χ4n) is 3.53. The van der Waals surface area contributed by atoms with E-state index in [9.17, 15) is 10.2 Å². The molecule has 152 valence electrons. The summed E-state index contributed by atoms with van der Waals surface area (Å²) >= 11 is 0. The molecular formula is C20H19N7O3. The van der Waals surface area contributed by atoms with Gasteiger partial charge in [0.2, 0.25) is 0 Å². The number of nitrogens with zero attached hydrogens (tertiary/aromatic N) is 6. The van der Waals surface area contributed by atoms with Crippen LogP contribution in [0.3, 0.4) is 0 Å². The summed E-state index contributed by atoms with van der Waals surface area (Å²) in [5.41, 5.74) is 2.40. The molecule has 0 unspecified atom stereocenters. The van der Waals surface area contributed by atoms with Crippen LogP contribution < -0.4 is 5.32 Å². The molecule has 3 N–H and O–H groups in total. The summed E-state index contributed by atoms with van der Waals surface area (Å²) < 4.78 is 7.26. The van der Waals surface area contributed by atoms with Gasteiger partial charge >= 0.3 is 0 Å². The van der Waals surface area contributed by atoms with E-state index in [1.54, 1.807) is 25.5 Å². The SMILES string of the molecule is C[C@H]1O[C@@H](n2nc(-c3ccccn3)c3c(Nc4ccncc4)ncnc32)[C@H](O)[C@@H]1O. The van der Waals surface area contributed by atoms with Gasteiger partial charge in [-0.05, 0) is 31.2 Å². The fraction of sp³-hybridized carbons (Fsp3) is 0.250. The van der Waals surface area contributed by atoms with Crippen LogP contribution in [0, 0.1) is 0 Å². The summed E-state index contributed by atoms with van der Waals surface area (Å²) in [5.74, 6) is 0.527. The van der Waals surface area contributed by atoms with Gasteiger partial charge in [-0.15, -0.1) is 0 Å². The third-order valence-electron chi connectivity index (χ3n) is 5.06. The van der Waals surface area contributed by atoms with Gasteiger partial charge in [-0.3, -0.25) is 9.97 Å². The van der Waals surface area contributed by atoms with Crippen molar-refractivity contribution in [2.75, 3.05) is 5.32 Å². The number of aromatic nitrogens is 6. The van der Waals surface area contributed by atoms with E-state index in [1.807, 2.05) is 30.3 Å². The molecule has 10 nitrogen and oxygen atoms in total. The van der Waals surface area contributed by atoms with Crippen molar-refractivity contribution in [2.24, 2.45) is 0 Å². The first kappa shape index (κ1) is 18.6. The molecule has 0 aliphatic carbocycles. The Morgan fingerprint density at radius 3 is 2.53 bits per heavy atom. The van der Waals surface area contributed by atoms with E-state index in [-0.39, 0.29) is 0 Å². The van der Waals surface area contributed by atoms with Crippen molar-refractivity contribution < 1.29 is 14.9 Å². The molecule has 5 heterocycles. The number of ether oxygens (including phenoxy) is 1. The first-order valence-electron chi connectivity index (χ1n) is 9.47. The Labute approximate surface area is 171 Å². The molecule has 4 aromatic heterocycles. The topological polar surface area (TPSA) is 131 Å². The molecule has 1 fully saturated rings. The zero-order chi connectivity index (χ0) is 20.7. The normalized spacial score (nSPS) is 23.7. The van der Waals surface area contributed by atoms with Crippen LogP contribution in [0.2, 0.25) is 0 Å². The van der Waals surface area contributed by atoms with E-state index >= 15 is 0 Å². The maximum atomic E-state index is 10.5. The number of aliphatic hydroxyl groups excluding tert-OH is 2. The Bertz CT molecular complexity index is 1170. The Morgan fingerprint density at radius 2 is 1.83 bits per heavy atom. The van der Waals surface area contributed by atoms with Crippen LogP contribution in [-0.4, -0.2) is 58.2 Å². The number of rotatable bonds is 4. The van der Waals surface area contributed by atoms with Crippen molar-refractivity contribution in [1.82, 2.24) is 29.7 Å². The summed E-state index contributed by atoms with van der Waals surface area (Å²) in [6.45, 7) is 1.70. The maximum absolute atomic E-state index is 10.5. The summed E-state index contributed by atoms with van der Waals surface area (Å²) in [5, 5.41) is 29.2. The predicted molar refractivity (Wildman–Crippen MR) is 108 cm³/mol. The van der Waals surface area contributed by atoms with E-state index in [2.05, 4.69) is 30.4 Å². The lowest BCUT2D eigenvalue weighted by Crippen LogP contribution is -2.30. The third kappa shape index (κ3) is 3.07. The van der Waals surface area contributed by atoms with Crippen molar-refractivity contribution in [3.8, 4) is 11.4 Å². The van der Waals surface area contributed by atoms with Gasteiger partial charge in [0.1, 0.15) is 30.0 Å². The molecule has 10 heteroatoms. The second-order valence-corrected chi connectivity index (χ2v) is 7.00. The minimum absolute atomic E-state index is 0.451. The van der Waals surface area contributed by atoms with Gasteiger partial charge in [0.25, 0.3) is 0 Å². The van der Waals surface area contributed by atoms with Gasteiger partial charge in [-0.2, -0.15) is 5.10 Å². The van der Waals surface area contributed by atoms with Crippen molar-refractivity contribution in [2.45, 2.75) is 31.5 Å². The number of pyridine rings is 2. The van der Waals surface area contributed by atoms with Gasteiger partial charge in [0, 0.05) is 24.3 Å². The molecular weight excluding hydrogens is 386 g/mol. The summed E-state index contributed by atoms with van der Waals surface area (Å²) in [6.07, 6.45) is 2.83. The van der Waals surface area contributed by atoms with Gasteiger partial charge in [0.05, 0.1) is 17.2 Å². The van der Waals surface area contributed by atoms with Gasteiger partial charge in [-0.1, -0.05) is 6.07 Å². The smallest absolute Gasteiger partial charge is 0.181 e. The Hall–Kier alpha value is -3.47. The Morgan fingerprint density at radius 1 is 1.00 bits per heavy atom. The Balaban J connectivity index is 1.70. The van der Waals surface area contributed by atoms with Gasteiger partial charge in [-0.25, -0.2) is 14.6 Å². The van der Waals surface area contributed by atoms with E-state index in [0.29, 0.717) is 28.2 Å². The van der Waals surface area contributed by atoms with Crippen LogP contribution in [0.5, 0.6) is 0 Å². The molecule has 5 rings (SSSR count). The third-order valence-corrected chi connectivity index (χ3v) is 5.06. The highest BCUT2D eigenvalue weighted by atomic mass is 16.6. The first-order chi connectivity index (χ1) is 14.6. The van der Waals surface area contributed by atoms with E-state index in [4.69, 9.17) is 4.74 Å². The molecule has 1 saturated heterocycles. The largest absolute Gasteiger partial charge is 0.388 e. The minimum atomic E-state index is -1.15. The van der Waals surface area contributed by atoms with Crippen LogP contribution in [0.25, 0.3) is 22.4 Å². The molecule has 30 heavy (non-hydrogen) atoms. The highest BCUT2D eigenvalue weighted by Crippen LogP contribution is 2.36. The average molecular weight is 405 g/mol. The zero-order valence-corrected chi connectivity index (χ0v) is 16.0. The van der Waals surface area contributed by atoms with Crippen LogP contribution in [-0.2, 0) is 4.74 Å². The maximum Gasteiger partial charge on any atom is 0.181 e.